The van der Waals surface area contributed by atoms with Gasteiger partial charge in [-0.05, 0) is 43.0 Å². The molecule has 0 aliphatic carbocycles. The highest BCUT2D eigenvalue weighted by Crippen LogP contribution is 2.15. The molecule has 0 bridgehead atoms. The lowest BCUT2D eigenvalue weighted by atomic mass is 10.1. The number of benzene rings is 1. The predicted octanol–water partition coefficient (Wildman–Crippen LogP) is 3.36. The molecule has 172 valence electrons. The van der Waals surface area contributed by atoms with E-state index in [1.807, 2.05) is 50.2 Å². The van der Waals surface area contributed by atoms with Crippen LogP contribution in [0, 0.1) is 5.92 Å². The van der Waals surface area contributed by atoms with E-state index in [1.165, 1.54) is 0 Å². The van der Waals surface area contributed by atoms with Gasteiger partial charge in [0.1, 0.15) is 11.3 Å². The van der Waals surface area contributed by atoms with Gasteiger partial charge >= 0.3 is 6.09 Å². The van der Waals surface area contributed by atoms with Crippen LogP contribution in [-0.2, 0) is 11.3 Å². The van der Waals surface area contributed by atoms with Crippen LogP contribution in [0.25, 0.3) is 5.52 Å². The number of rotatable bonds is 11. The number of ether oxygens (including phenoxy) is 1. The largest absolute Gasteiger partial charge is 0.449 e. The van der Waals surface area contributed by atoms with E-state index in [0.29, 0.717) is 43.5 Å². The van der Waals surface area contributed by atoms with Crippen LogP contribution < -0.4 is 16.2 Å². The number of carbonyl (C=O) groups excluding carboxylic acids is 1. The van der Waals surface area contributed by atoms with Crippen LogP contribution in [0.15, 0.2) is 53.5 Å². The number of carbonyl (C=O) groups is 1. The molecule has 2 N–H and O–H groups in total. The molecule has 0 fully saturated rings. The highest BCUT2D eigenvalue weighted by atomic mass is 16.5. The average molecular weight is 440 g/mol. The van der Waals surface area contributed by atoms with Gasteiger partial charge in [0, 0.05) is 12.7 Å². The van der Waals surface area contributed by atoms with E-state index in [0.717, 1.165) is 18.4 Å². The lowest BCUT2D eigenvalue weighted by Crippen LogP contribution is -2.35. The van der Waals surface area contributed by atoms with Crippen molar-refractivity contribution in [2.24, 2.45) is 5.92 Å². The summed E-state index contributed by atoms with van der Waals surface area (Å²) in [5.74, 6) is 1.01. The second kappa shape index (κ2) is 11.5. The first-order valence-corrected chi connectivity index (χ1v) is 11.3. The van der Waals surface area contributed by atoms with Gasteiger partial charge in [0.25, 0.3) is 5.56 Å². The van der Waals surface area contributed by atoms with Crippen LogP contribution in [0.5, 0.6) is 0 Å². The van der Waals surface area contributed by atoms with Crippen LogP contribution in [-0.4, -0.2) is 40.0 Å². The highest BCUT2D eigenvalue weighted by Gasteiger charge is 2.19. The normalized spacial score (nSPS) is 12.2. The topological polar surface area (TPSA) is 89.7 Å². The van der Waals surface area contributed by atoms with E-state index in [2.05, 4.69) is 17.6 Å². The lowest BCUT2D eigenvalue weighted by Gasteiger charge is -2.21. The third-order valence-electron chi connectivity index (χ3n) is 5.14. The minimum absolute atomic E-state index is 0.0568. The molecule has 0 radical (unpaired) electrons. The standard InChI is InChI=1S/C24H33N5O3/c1-4-20(25-13-9-14-26-24(31)32-17-18(2)3)22-27-29-15-8-12-21(29)23(30)28(22)16-19-10-6-5-7-11-19/h5-8,10-12,15,18,20,25H,4,9,13-14,16-17H2,1-3H3,(H,26,31). The minimum atomic E-state index is -0.387. The molecule has 3 aromatic rings. The molecule has 8 nitrogen and oxygen atoms in total. The minimum Gasteiger partial charge on any atom is -0.449 e. The van der Waals surface area contributed by atoms with Crippen molar-refractivity contribution in [2.45, 2.75) is 46.2 Å². The third-order valence-corrected chi connectivity index (χ3v) is 5.14. The van der Waals surface area contributed by atoms with E-state index in [4.69, 9.17) is 9.84 Å². The lowest BCUT2D eigenvalue weighted by molar-refractivity contribution is 0.133. The van der Waals surface area contributed by atoms with Gasteiger partial charge in [0.15, 0.2) is 0 Å². The van der Waals surface area contributed by atoms with Gasteiger partial charge in [-0.25, -0.2) is 9.31 Å². The van der Waals surface area contributed by atoms with Crippen molar-refractivity contribution < 1.29 is 9.53 Å². The molecule has 32 heavy (non-hydrogen) atoms. The summed E-state index contributed by atoms with van der Waals surface area (Å²) in [5, 5.41) is 11.0. The quantitative estimate of drug-likeness (QED) is 0.447. The number of hydrogen-bond donors (Lipinski definition) is 2. The number of nitrogens with zero attached hydrogens (tertiary/aromatic N) is 3. The van der Waals surface area contributed by atoms with Crippen molar-refractivity contribution in [1.29, 1.82) is 0 Å². The molecular formula is C24H33N5O3. The SMILES string of the molecule is CCC(NCCCNC(=O)OCC(C)C)c1nn2cccc2c(=O)n1Cc1ccccc1. The monoisotopic (exact) mass is 439 g/mol. The molecule has 2 aromatic heterocycles. The molecule has 1 aromatic carbocycles. The number of fused-ring (bicyclic) bond motifs is 1. The van der Waals surface area contributed by atoms with Crippen molar-refractivity contribution >= 4 is 11.6 Å². The second-order valence-corrected chi connectivity index (χ2v) is 8.26. The molecule has 0 spiro atoms. The van der Waals surface area contributed by atoms with Gasteiger partial charge in [0.2, 0.25) is 0 Å². The molecule has 2 heterocycles. The fourth-order valence-corrected chi connectivity index (χ4v) is 3.48. The molecule has 1 amide bonds. The van der Waals surface area contributed by atoms with Crippen molar-refractivity contribution in [1.82, 2.24) is 24.8 Å². The van der Waals surface area contributed by atoms with Gasteiger partial charge in [-0.15, -0.1) is 0 Å². The molecule has 3 rings (SSSR count). The van der Waals surface area contributed by atoms with Gasteiger partial charge in [-0.1, -0.05) is 51.1 Å². The zero-order chi connectivity index (χ0) is 22.9. The maximum atomic E-state index is 13.2. The summed E-state index contributed by atoms with van der Waals surface area (Å²) in [6, 6.07) is 13.5. The van der Waals surface area contributed by atoms with E-state index >= 15 is 0 Å². The summed E-state index contributed by atoms with van der Waals surface area (Å²) >= 11 is 0. The zero-order valence-corrected chi connectivity index (χ0v) is 19.1. The smallest absolute Gasteiger partial charge is 0.407 e. The van der Waals surface area contributed by atoms with E-state index in [-0.39, 0.29) is 17.7 Å². The number of nitrogens with one attached hydrogen (secondary N) is 2. The summed E-state index contributed by atoms with van der Waals surface area (Å²) in [4.78, 5) is 24.9. The van der Waals surface area contributed by atoms with Crippen molar-refractivity contribution in [3.8, 4) is 0 Å². The Balaban J connectivity index is 1.68. The molecule has 0 saturated carbocycles. The van der Waals surface area contributed by atoms with E-state index < -0.39 is 0 Å². The van der Waals surface area contributed by atoms with E-state index in [9.17, 15) is 9.59 Å². The first-order chi connectivity index (χ1) is 15.5. The Labute approximate surface area is 188 Å². The van der Waals surface area contributed by atoms with Crippen LogP contribution in [0.3, 0.4) is 0 Å². The summed E-state index contributed by atoms with van der Waals surface area (Å²) < 4.78 is 8.52. The molecule has 8 heteroatoms. The zero-order valence-electron chi connectivity index (χ0n) is 19.1. The Morgan fingerprint density at radius 3 is 2.62 bits per heavy atom. The Bertz CT molecular complexity index is 1060. The van der Waals surface area contributed by atoms with Crippen molar-refractivity contribution in [2.75, 3.05) is 19.7 Å². The molecular weight excluding hydrogens is 406 g/mol. The van der Waals surface area contributed by atoms with Gasteiger partial charge in [0.05, 0.1) is 19.2 Å². The van der Waals surface area contributed by atoms with E-state index in [1.54, 1.807) is 21.3 Å². The van der Waals surface area contributed by atoms with Crippen LogP contribution in [0.1, 0.15) is 51.0 Å². The fraction of sp³-hybridized carbons (Fsp3) is 0.458. The predicted molar refractivity (Wildman–Crippen MR) is 125 cm³/mol. The summed E-state index contributed by atoms with van der Waals surface area (Å²) in [7, 11) is 0. The molecule has 1 unspecified atom stereocenters. The molecule has 0 aliphatic heterocycles. The van der Waals surface area contributed by atoms with Gasteiger partial charge in [-0.3, -0.25) is 9.36 Å². The number of alkyl carbamates (subject to hydrolysis) is 1. The molecule has 1 atom stereocenters. The van der Waals surface area contributed by atoms with Gasteiger partial charge < -0.3 is 15.4 Å². The fourth-order valence-electron chi connectivity index (χ4n) is 3.48. The van der Waals surface area contributed by atoms with Gasteiger partial charge in [-0.2, -0.15) is 5.10 Å². The Kier molecular flexibility index (Phi) is 8.44. The maximum Gasteiger partial charge on any atom is 0.407 e. The van der Waals surface area contributed by atoms with Crippen molar-refractivity contribution in [3.05, 3.63) is 70.4 Å². The molecule has 0 aliphatic rings. The second-order valence-electron chi connectivity index (χ2n) is 8.26. The number of aromatic nitrogens is 3. The first-order valence-electron chi connectivity index (χ1n) is 11.3. The highest BCUT2D eigenvalue weighted by molar-refractivity contribution is 5.67. The Morgan fingerprint density at radius 1 is 1.12 bits per heavy atom. The summed E-state index contributed by atoms with van der Waals surface area (Å²) in [6.07, 6.45) is 2.92. The first kappa shape index (κ1) is 23.5. The van der Waals surface area contributed by atoms with Crippen LogP contribution in [0.2, 0.25) is 0 Å². The summed E-state index contributed by atoms with van der Waals surface area (Å²) in [6.45, 7) is 8.13. The van der Waals surface area contributed by atoms with Crippen LogP contribution >= 0.6 is 0 Å². The van der Waals surface area contributed by atoms with Crippen molar-refractivity contribution in [3.63, 3.8) is 0 Å². The molecule has 0 saturated heterocycles. The Hall–Kier alpha value is -3.13. The Morgan fingerprint density at radius 2 is 1.91 bits per heavy atom. The van der Waals surface area contributed by atoms with Crippen LogP contribution in [0.4, 0.5) is 4.79 Å². The number of hydrogen-bond acceptors (Lipinski definition) is 5. The maximum absolute atomic E-state index is 13.2. The summed E-state index contributed by atoms with van der Waals surface area (Å²) in [5.41, 5.74) is 1.55. The number of amides is 1. The average Bonchev–Trinajstić information content (AvgIpc) is 3.26. The third kappa shape index (κ3) is 6.20.